The normalized spacial score (nSPS) is 9.54. The van der Waals surface area contributed by atoms with Crippen LogP contribution in [-0.4, -0.2) is 9.97 Å². The van der Waals surface area contributed by atoms with E-state index in [9.17, 15) is 0 Å². The predicted octanol–water partition coefficient (Wildman–Crippen LogP) is 2.87. The van der Waals surface area contributed by atoms with Gasteiger partial charge in [-0.15, -0.1) is 0 Å². The minimum absolute atomic E-state index is 0.796. The average Bonchev–Trinajstić information content (AvgIpc) is 2.64. The van der Waals surface area contributed by atoms with Crippen LogP contribution in [0.1, 0.15) is 25.1 Å². The first-order valence-corrected chi connectivity index (χ1v) is 4.44. The summed E-state index contributed by atoms with van der Waals surface area (Å²) in [6.07, 6.45) is 3.26. The van der Waals surface area contributed by atoms with Gasteiger partial charge in [-0.3, -0.25) is 4.98 Å². The highest BCUT2D eigenvalue weighted by molar-refractivity contribution is 5.77. The summed E-state index contributed by atoms with van der Waals surface area (Å²) in [7, 11) is 0. The Morgan fingerprint density at radius 3 is 2.46 bits per heavy atom. The molecule has 2 aromatic heterocycles. The first-order chi connectivity index (χ1) is 6.29. The van der Waals surface area contributed by atoms with Crippen molar-refractivity contribution in [2.75, 3.05) is 0 Å². The molecule has 0 spiro atoms. The van der Waals surface area contributed by atoms with Crippen LogP contribution in [0.5, 0.6) is 0 Å². The maximum absolute atomic E-state index is 5.16. The third kappa shape index (κ3) is 1.69. The van der Waals surface area contributed by atoms with Gasteiger partial charge in [0.2, 0.25) is 0 Å². The number of hydrogen-bond acceptors (Lipinski definition) is 3. The number of aromatic nitrogens is 2. The maximum Gasteiger partial charge on any atom is 0.182 e. The SMILES string of the molecule is CC.Cc1cnc(C)c2ocnc12. The van der Waals surface area contributed by atoms with Crippen molar-refractivity contribution in [1.82, 2.24) is 9.97 Å². The van der Waals surface area contributed by atoms with Crippen LogP contribution in [-0.2, 0) is 0 Å². The lowest BCUT2D eigenvalue weighted by Crippen LogP contribution is -1.84. The molecule has 0 saturated carbocycles. The molecule has 0 saturated heterocycles. The summed E-state index contributed by atoms with van der Waals surface area (Å²) in [5.41, 5.74) is 3.66. The van der Waals surface area contributed by atoms with E-state index in [1.54, 1.807) is 6.20 Å². The van der Waals surface area contributed by atoms with Crippen molar-refractivity contribution in [3.05, 3.63) is 23.8 Å². The Morgan fingerprint density at radius 1 is 1.15 bits per heavy atom. The first kappa shape index (κ1) is 9.71. The van der Waals surface area contributed by atoms with E-state index in [0.29, 0.717) is 0 Å². The third-order valence-electron chi connectivity index (χ3n) is 1.72. The number of fused-ring (bicyclic) bond motifs is 1. The molecule has 3 heteroatoms. The van der Waals surface area contributed by atoms with Crippen LogP contribution in [0.2, 0.25) is 0 Å². The summed E-state index contributed by atoms with van der Waals surface area (Å²) in [6.45, 7) is 7.88. The fraction of sp³-hybridized carbons (Fsp3) is 0.400. The van der Waals surface area contributed by atoms with E-state index in [1.165, 1.54) is 6.39 Å². The van der Waals surface area contributed by atoms with Crippen LogP contribution < -0.4 is 0 Å². The molecule has 70 valence electrons. The summed E-state index contributed by atoms with van der Waals surface area (Å²) in [6, 6.07) is 0. The molecule has 0 unspecified atom stereocenters. The standard InChI is InChI=1S/C8H8N2O.C2H6/c1-5-3-9-6(2)8-7(5)10-4-11-8;1-2/h3-4H,1-2H3;1-2H3. The fourth-order valence-corrected chi connectivity index (χ4v) is 1.10. The summed E-state index contributed by atoms with van der Waals surface area (Å²) in [4.78, 5) is 8.22. The second-order valence-electron chi connectivity index (χ2n) is 2.56. The van der Waals surface area contributed by atoms with Crippen LogP contribution in [0.3, 0.4) is 0 Å². The largest absolute Gasteiger partial charge is 0.442 e. The molecule has 2 aromatic rings. The molecule has 0 bridgehead atoms. The van der Waals surface area contributed by atoms with Crippen molar-refractivity contribution in [1.29, 1.82) is 0 Å². The molecule has 0 radical (unpaired) electrons. The lowest BCUT2D eigenvalue weighted by atomic mass is 10.2. The second kappa shape index (κ2) is 4.03. The molecule has 0 N–H and O–H groups in total. The lowest BCUT2D eigenvalue weighted by molar-refractivity contribution is 0.598. The Kier molecular flexibility index (Phi) is 3.01. The van der Waals surface area contributed by atoms with Crippen LogP contribution in [0.25, 0.3) is 11.1 Å². The molecule has 2 rings (SSSR count). The smallest absolute Gasteiger partial charge is 0.182 e. The molecule has 13 heavy (non-hydrogen) atoms. The monoisotopic (exact) mass is 178 g/mol. The molecule has 0 aliphatic heterocycles. The van der Waals surface area contributed by atoms with E-state index in [0.717, 1.165) is 22.4 Å². The Hall–Kier alpha value is -1.38. The van der Waals surface area contributed by atoms with Gasteiger partial charge in [-0.2, -0.15) is 0 Å². The zero-order valence-electron chi connectivity index (χ0n) is 8.46. The highest BCUT2D eigenvalue weighted by Gasteiger charge is 2.04. The van der Waals surface area contributed by atoms with Crippen LogP contribution >= 0.6 is 0 Å². The molecule has 3 nitrogen and oxygen atoms in total. The summed E-state index contributed by atoms with van der Waals surface area (Å²) in [5.74, 6) is 0. The summed E-state index contributed by atoms with van der Waals surface area (Å²) in [5, 5.41) is 0. The van der Waals surface area contributed by atoms with Crippen molar-refractivity contribution < 1.29 is 4.42 Å². The lowest BCUT2D eigenvalue weighted by Gasteiger charge is -1.94. The number of hydrogen-bond donors (Lipinski definition) is 0. The molecule has 0 aliphatic carbocycles. The van der Waals surface area contributed by atoms with Gasteiger partial charge in [-0.1, -0.05) is 13.8 Å². The molecule has 0 aliphatic rings. The van der Waals surface area contributed by atoms with Crippen LogP contribution in [0.15, 0.2) is 17.0 Å². The zero-order valence-corrected chi connectivity index (χ0v) is 8.46. The van der Waals surface area contributed by atoms with Gasteiger partial charge in [-0.05, 0) is 19.4 Å². The van der Waals surface area contributed by atoms with Crippen molar-refractivity contribution in [2.24, 2.45) is 0 Å². The van der Waals surface area contributed by atoms with Crippen LogP contribution in [0, 0.1) is 13.8 Å². The van der Waals surface area contributed by atoms with Gasteiger partial charge in [0.05, 0.1) is 5.69 Å². The second-order valence-corrected chi connectivity index (χ2v) is 2.56. The highest BCUT2D eigenvalue weighted by atomic mass is 16.3. The number of pyridine rings is 1. The van der Waals surface area contributed by atoms with Crippen molar-refractivity contribution in [3.8, 4) is 0 Å². The number of rotatable bonds is 0. The Bertz CT molecular complexity index is 357. The Labute approximate surface area is 77.8 Å². The fourth-order valence-electron chi connectivity index (χ4n) is 1.10. The number of oxazole rings is 1. The van der Waals surface area contributed by atoms with Gasteiger partial charge in [0, 0.05) is 6.20 Å². The van der Waals surface area contributed by atoms with E-state index in [1.807, 2.05) is 27.7 Å². The van der Waals surface area contributed by atoms with E-state index >= 15 is 0 Å². The van der Waals surface area contributed by atoms with Crippen molar-refractivity contribution in [2.45, 2.75) is 27.7 Å². The number of aryl methyl sites for hydroxylation is 2. The van der Waals surface area contributed by atoms with Gasteiger partial charge >= 0.3 is 0 Å². The van der Waals surface area contributed by atoms with Gasteiger partial charge in [0.25, 0.3) is 0 Å². The first-order valence-electron chi connectivity index (χ1n) is 4.44. The highest BCUT2D eigenvalue weighted by Crippen LogP contribution is 2.17. The molecule has 0 amide bonds. The number of nitrogens with zero attached hydrogens (tertiary/aromatic N) is 2. The van der Waals surface area contributed by atoms with Gasteiger partial charge in [0.15, 0.2) is 12.0 Å². The van der Waals surface area contributed by atoms with E-state index < -0.39 is 0 Å². The van der Waals surface area contributed by atoms with Crippen molar-refractivity contribution >= 4 is 11.1 Å². The average molecular weight is 178 g/mol. The molecule has 0 aromatic carbocycles. The van der Waals surface area contributed by atoms with Gasteiger partial charge < -0.3 is 4.42 Å². The molecular formula is C10H14N2O. The quantitative estimate of drug-likeness (QED) is 0.622. The minimum Gasteiger partial charge on any atom is -0.442 e. The van der Waals surface area contributed by atoms with E-state index in [-0.39, 0.29) is 0 Å². The Morgan fingerprint density at radius 2 is 1.85 bits per heavy atom. The summed E-state index contributed by atoms with van der Waals surface area (Å²) < 4.78 is 5.16. The van der Waals surface area contributed by atoms with Crippen LogP contribution in [0.4, 0.5) is 0 Å². The predicted molar refractivity (Wildman–Crippen MR) is 52.6 cm³/mol. The Balaban J connectivity index is 0.000000396. The summed E-state index contributed by atoms with van der Waals surface area (Å²) >= 11 is 0. The van der Waals surface area contributed by atoms with E-state index in [2.05, 4.69) is 9.97 Å². The minimum atomic E-state index is 0.796. The third-order valence-corrected chi connectivity index (χ3v) is 1.72. The molecule has 0 atom stereocenters. The maximum atomic E-state index is 5.16. The molecule has 0 fully saturated rings. The van der Waals surface area contributed by atoms with Gasteiger partial charge in [-0.25, -0.2) is 4.98 Å². The topological polar surface area (TPSA) is 38.9 Å². The van der Waals surface area contributed by atoms with Gasteiger partial charge in [0.1, 0.15) is 5.52 Å². The molecular weight excluding hydrogens is 164 g/mol. The van der Waals surface area contributed by atoms with E-state index in [4.69, 9.17) is 4.42 Å². The van der Waals surface area contributed by atoms with Crippen molar-refractivity contribution in [3.63, 3.8) is 0 Å². The zero-order chi connectivity index (χ0) is 9.84. The molecule has 2 heterocycles.